The van der Waals surface area contributed by atoms with Crippen molar-refractivity contribution in [1.29, 1.82) is 0 Å². The van der Waals surface area contributed by atoms with E-state index in [1.165, 1.54) is 6.92 Å². The van der Waals surface area contributed by atoms with Crippen molar-refractivity contribution in [3.63, 3.8) is 0 Å². The third kappa shape index (κ3) is 2.33. The molecule has 1 aliphatic rings. The highest BCUT2D eigenvalue weighted by atomic mass is 16.6. The fourth-order valence-corrected chi connectivity index (χ4v) is 1.69. The Morgan fingerprint density at radius 3 is 2.44 bits per heavy atom. The van der Waals surface area contributed by atoms with E-state index in [4.69, 9.17) is 11.6 Å². The lowest BCUT2D eigenvalue weighted by Gasteiger charge is -2.41. The molecule has 7 nitrogen and oxygen atoms in total. The summed E-state index contributed by atoms with van der Waals surface area (Å²) >= 11 is 0. The van der Waals surface area contributed by atoms with Crippen LogP contribution in [0, 0.1) is 11.8 Å². The maximum absolute atomic E-state index is 10.8. The molecule has 6 atom stereocenters. The Kier molecular flexibility index (Phi) is 3.72. The molecule has 1 saturated heterocycles. The van der Waals surface area contributed by atoms with Gasteiger partial charge in [-0.1, -0.05) is 6.92 Å². The van der Waals surface area contributed by atoms with Crippen LogP contribution < -0.4 is 0 Å². The molecule has 0 aromatic heterocycles. The minimum Gasteiger partial charge on any atom is -0.481 e. The van der Waals surface area contributed by atoms with Gasteiger partial charge in [-0.25, -0.2) is 0 Å². The molecule has 1 fully saturated rings. The summed E-state index contributed by atoms with van der Waals surface area (Å²) in [6, 6.07) is 0. The van der Waals surface area contributed by atoms with Crippen molar-refractivity contribution >= 4 is 5.97 Å². The van der Waals surface area contributed by atoms with Crippen LogP contribution >= 0.6 is 0 Å². The third-order valence-electron chi connectivity index (χ3n) is 2.76. The highest BCUT2D eigenvalue weighted by Gasteiger charge is 2.47. The number of hydrogen-bond acceptors (Lipinski definition) is 6. The van der Waals surface area contributed by atoms with E-state index in [1.807, 2.05) is 0 Å². The number of ether oxygens (including phenoxy) is 1. The molecule has 0 amide bonds. The second-order valence-electron chi connectivity index (χ2n) is 3.81. The van der Waals surface area contributed by atoms with E-state index in [0.29, 0.717) is 0 Å². The van der Waals surface area contributed by atoms with Crippen LogP contribution in [0.25, 0.3) is 0 Å². The summed E-state index contributed by atoms with van der Waals surface area (Å²) < 4.78 is 12.1. The van der Waals surface area contributed by atoms with E-state index >= 15 is 0 Å². The van der Waals surface area contributed by atoms with Gasteiger partial charge in [-0.15, -0.1) is 0 Å². The number of carboxylic acid groups (broad SMARTS) is 1. The summed E-state index contributed by atoms with van der Waals surface area (Å²) in [7, 11) is 0. The summed E-state index contributed by atoms with van der Waals surface area (Å²) in [5.41, 5.74) is 0. The van der Waals surface area contributed by atoms with Crippen LogP contribution in [0.1, 0.15) is 8.29 Å². The van der Waals surface area contributed by atoms with Crippen molar-refractivity contribution in [3.05, 3.63) is 0 Å². The van der Waals surface area contributed by atoms with Crippen LogP contribution in [0.5, 0.6) is 0 Å². The molecular formula is C9H16O7. The molecule has 0 aromatic carbocycles. The molecule has 0 spiro atoms. The molecule has 1 heterocycles. The topological polar surface area (TPSA) is 127 Å². The average Bonchev–Trinajstić information content (AvgIpc) is 2.22. The SMILES string of the molecule is [2H]C1(O)O[C@H](CO)[C@@H](O)[C@H](O)[C@H]1[C@@H](C)C(=O)O. The molecule has 1 rings (SSSR count). The van der Waals surface area contributed by atoms with Crippen molar-refractivity contribution in [1.82, 2.24) is 0 Å². The molecule has 0 radical (unpaired) electrons. The lowest BCUT2D eigenvalue weighted by Crippen LogP contribution is -2.58. The number of carbonyl (C=O) groups is 1. The van der Waals surface area contributed by atoms with E-state index in [2.05, 4.69) is 4.74 Å². The van der Waals surface area contributed by atoms with Gasteiger partial charge in [-0.05, 0) is 0 Å². The van der Waals surface area contributed by atoms with E-state index in [0.717, 1.165) is 0 Å². The smallest absolute Gasteiger partial charge is 0.306 e. The number of aliphatic hydroxyl groups excluding tert-OH is 3. The lowest BCUT2D eigenvalue weighted by atomic mass is 9.82. The van der Waals surface area contributed by atoms with Crippen LogP contribution in [-0.2, 0) is 9.53 Å². The number of hydrogen-bond donors (Lipinski definition) is 5. The van der Waals surface area contributed by atoms with E-state index < -0.39 is 49.0 Å². The molecule has 0 aliphatic carbocycles. The van der Waals surface area contributed by atoms with Gasteiger partial charge in [0, 0.05) is 0 Å². The molecule has 0 aromatic rings. The van der Waals surface area contributed by atoms with E-state index in [-0.39, 0.29) is 0 Å². The zero-order chi connectivity index (χ0) is 13.4. The Balaban J connectivity index is 3.00. The summed E-state index contributed by atoms with van der Waals surface area (Å²) in [5.74, 6) is -4.14. The predicted octanol–water partition coefficient (Wildman–Crippen LogP) is -2.25. The first-order valence-corrected chi connectivity index (χ1v) is 4.82. The molecule has 94 valence electrons. The van der Waals surface area contributed by atoms with E-state index in [9.17, 15) is 20.1 Å². The normalized spacial score (nSPS) is 47.2. The minimum atomic E-state index is -2.68. The quantitative estimate of drug-likeness (QED) is 0.375. The summed E-state index contributed by atoms with van der Waals surface area (Å²) in [6.07, 6.45) is -7.24. The number of carboxylic acids is 1. The maximum Gasteiger partial charge on any atom is 0.306 e. The largest absolute Gasteiger partial charge is 0.481 e. The van der Waals surface area contributed by atoms with Gasteiger partial charge in [0.05, 0.1) is 25.9 Å². The van der Waals surface area contributed by atoms with Gasteiger partial charge in [0.25, 0.3) is 0 Å². The van der Waals surface area contributed by atoms with Gasteiger partial charge in [-0.2, -0.15) is 0 Å². The number of aliphatic hydroxyl groups is 4. The zero-order valence-corrected chi connectivity index (χ0v) is 8.65. The van der Waals surface area contributed by atoms with Crippen molar-refractivity contribution in [3.8, 4) is 0 Å². The highest BCUT2D eigenvalue weighted by molar-refractivity contribution is 5.70. The van der Waals surface area contributed by atoms with Crippen LogP contribution in [0.15, 0.2) is 0 Å². The first kappa shape index (κ1) is 11.7. The van der Waals surface area contributed by atoms with Crippen molar-refractivity contribution < 1.29 is 36.4 Å². The Morgan fingerprint density at radius 1 is 1.44 bits per heavy atom. The zero-order valence-electron chi connectivity index (χ0n) is 9.65. The van der Waals surface area contributed by atoms with Crippen LogP contribution in [-0.4, -0.2) is 62.7 Å². The number of rotatable bonds is 3. The van der Waals surface area contributed by atoms with Gasteiger partial charge >= 0.3 is 5.97 Å². The van der Waals surface area contributed by atoms with Gasteiger partial charge in [0.1, 0.15) is 12.2 Å². The second-order valence-corrected chi connectivity index (χ2v) is 3.81. The molecule has 7 heteroatoms. The Bertz CT molecular complexity index is 295. The van der Waals surface area contributed by atoms with Gasteiger partial charge in [0.2, 0.25) is 0 Å². The molecule has 1 unspecified atom stereocenters. The molecule has 0 bridgehead atoms. The Labute approximate surface area is 93.3 Å². The van der Waals surface area contributed by atoms with Crippen molar-refractivity contribution in [2.24, 2.45) is 11.8 Å². The standard InChI is InChI=1S/C9H16O7/c1-3(8(13)14)5-7(12)6(11)4(2-10)16-9(5)15/h3-7,9-12,15H,2H2,1H3,(H,13,14)/t3-,4-,5-,6-,7-,9?/m1/s1/i9D. The van der Waals surface area contributed by atoms with Gasteiger partial charge < -0.3 is 30.3 Å². The summed E-state index contributed by atoms with van der Waals surface area (Å²) in [5, 5.41) is 46.5. The first-order chi connectivity index (χ1) is 7.72. The molecule has 0 saturated carbocycles. The van der Waals surface area contributed by atoms with Crippen molar-refractivity contribution in [2.45, 2.75) is 31.5 Å². The Morgan fingerprint density at radius 2 is 2.00 bits per heavy atom. The van der Waals surface area contributed by atoms with Crippen molar-refractivity contribution in [2.75, 3.05) is 6.61 Å². The third-order valence-corrected chi connectivity index (χ3v) is 2.76. The highest BCUT2D eigenvalue weighted by Crippen LogP contribution is 2.30. The van der Waals surface area contributed by atoms with Crippen LogP contribution in [0.3, 0.4) is 0 Å². The van der Waals surface area contributed by atoms with Gasteiger partial charge in [-0.3, -0.25) is 4.79 Å². The second kappa shape index (κ2) is 5.07. The maximum atomic E-state index is 10.8. The number of aliphatic carboxylic acids is 1. The van der Waals surface area contributed by atoms with Gasteiger partial charge in [0.15, 0.2) is 6.27 Å². The Hall–Kier alpha value is -0.730. The van der Waals surface area contributed by atoms with Crippen LogP contribution in [0.4, 0.5) is 0 Å². The van der Waals surface area contributed by atoms with E-state index in [1.54, 1.807) is 0 Å². The fourth-order valence-electron chi connectivity index (χ4n) is 1.69. The molecule has 5 N–H and O–H groups in total. The minimum absolute atomic E-state index is 0.701. The first-order valence-electron chi connectivity index (χ1n) is 5.32. The fraction of sp³-hybridized carbons (Fsp3) is 0.889. The molecular weight excluding hydrogens is 220 g/mol. The summed E-state index contributed by atoms with van der Waals surface area (Å²) in [4.78, 5) is 10.8. The molecule has 16 heavy (non-hydrogen) atoms. The predicted molar refractivity (Wildman–Crippen MR) is 50.3 cm³/mol. The monoisotopic (exact) mass is 237 g/mol. The molecule has 1 aliphatic heterocycles. The summed E-state index contributed by atoms with van der Waals surface area (Å²) in [6.45, 7) is 0.485. The average molecular weight is 237 g/mol. The lowest BCUT2D eigenvalue weighted by molar-refractivity contribution is -0.278. The van der Waals surface area contributed by atoms with Crippen LogP contribution in [0.2, 0.25) is 0 Å².